The Labute approximate surface area is 126 Å². The zero-order valence-electron chi connectivity index (χ0n) is 11.5. The Morgan fingerprint density at radius 3 is 2.81 bits per heavy atom. The Bertz CT molecular complexity index is 720. The first-order valence-electron chi connectivity index (χ1n) is 6.58. The molecule has 2 heterocycles. The Morgan fingerprint density at radius 2 is 2.10 bits per heavy atom. The van der Waals surface area contributed by atoms with Gasteiger partial charge in [-0.05, 0) is 42.5 Å². The topological polar surface area (TPSA) is 53.2 Å². The number of aromatic nitrogens is 1. The molecule has 2 aromatic rings. The maximum atomic E-state index is 12.3. The summed E-state index contributed by atoms with van der Waals surface area (Å²) in [6.07, 6.45) is 3.49. The summed E-state index contributed by atoms with van der Waals surface area (Å²) in [5.74, 6) is -0.235. The van der Waals surface area contributed by atoms with E-state index in [9.17, 15) is 9.59 Å². The molecule has 1 aromatic heterocycles. The Balaban J connectivity index is 1.81. The van der Waals surface area contributed by atoms with Gasteiger partial charge in [0.05, 0.1) is 11.4 Å². The van der Waals surface area contributed by atoms with Crippen LogP contribution >= 0.6 is 11.8 Å². The van der Waals surface area contributed by atoms with E-state index in [1.54, 1.807) is 12.3 Å². The molecule has 1 aromatic carbocycles. The maximum Gasteiger partial charge on any atom is 0.293 e. The fraction of sp³-hybridized carbons (Fsp3) is 0.125. The predicted octanol–water partition coefficient (Wildman–Crippen LogP) is 3.56. The Kier molecular flexibility index (Phi) is 3.66. The highest BCUT2D eigenvalue weighted by molar-refractivity contribution is 8.18. The molecule has 21 heavy (non-hydrogen) atoms. The van der Waals surface area contributed by atoms with Crippen LogP contribution in [-0.4, -0.2) is 21.0 Å². The number of H-pyrrole nitrogens is 1. The standard InChI is InChI=1S/C16H14N2O2S/c1-11-4-2-5-12(8-11)10-18-15(19)14(21-16(18)20)9-13-6-3-7-17-13/h2-9,17H,10H2,1H3/b14-9+. The van der Waals surface area contributed by atoms with E-state index in [0.717, 1.165) is 28.6 Å². The van der Waals surface area contributed by atoms with Gasteiger partial charge in [0.15, 0.2) is 0 Å². The molecule has 0 atom stereocenters. The van der Waals surface area contributed by atoms with E-state index in [4.69, 9.17) is 0 Å². The summed E-state index contributed by atoms with van der Waals surface area (Å²) in [6, 6.07) is 11.5. The second-order valence-corrected chi connectivity index (χ2v) is 5.88. The van der Waals surface area contributed by atoms with E-state index >= 15 is 0 Å². The number of benzene rings is 1. The number of amides is 2. The predicted molar refractivity (Wildman–Crippen MR) is 83.5 cm³/mol. The van der Waals surface area contributed by atoms with Crippen LogP contribution in [0.3, 0.4) is 0 Å². The van der Waals surface area contributed by atoms with Crippen LogP contribution in [0.15, 0.2) is 47.5 Å². The average Bonchev–Trinajstić information content (AvgIpc) is 3.04. The van der Waals surface area contributed by atoms with Crippen LogP contribution in [0.1, 0.15) is 16.8 Å². The van der Waals surface area contributed by atoms with Crippen molar-refractivity contribution in [3.8, 4) is 0 Å². The van der Waals surface area contributed by atoms with Gasteiger partial charge in [-0.1, -0.05) is 29.8 Å². The third-order valence-electron chi connectivity index (χ3n) is 3.21. The van der Waals surface area contributed by atoms with Crippen molar-refractivity contribution in [3.63, 3.8) is 0 Å². The van der Waals surface area contributed by atoms with Crippen molar-refractivity contribution in [2.24, 2.45) is 0 Å². The highest BCUT2D eigenvalue weighted by Gasteiger charge is 2.34. The molecule has 1 saturated heterocycles. The first-order chi connectivity index (χ1) is 10.1. The quantitative estimate of drug-likeness (QED) is 0.882. The molecule has 106 valence electrons. The van der Waals surface area contributed by atoms with Crippen LogP contribution < -0.4 is 0 Å². The number of hydrogen-bond donors (Lipinski definition) is 1. The summed E-state index contributed by atoms with van der Waals surface area (Å²) in [5.41, 5.74) is 2.89. The average molecular weight is 298 g/mol. The van der Waals surface area contributed by atoms with Gasteiger partial charge in [0.25, 0.3) is 11.1 Å². The van der Waals surface area contributed by atoms with Crippen molar-refractivity contribution >= 4 is 29.0 Å². The lowest BCUT2D eigenvalue weighted by molar-refractivity contribution is -0.123. The maximum absolute atomic E-state index is 12.3. The SMILES string of the molecule is Cc1cccc(CN2C(=O)S/C(=C/c3ccc[nH]3)C2=O)c1. The molecular weight excluding hydrogens is 284 g/mol. The smallest absolute Gasteiger partial charge is 0.293 e. The molecule has 3 rings (SSSR count). The number of carbonyl (C=O) groups excluding carboxylic acids is 2. The third kappa shape index (κ3) is 2.92. The number of thioether (sulfide) groups is 1. The molecule has 4 nitrogen and oxygen atoms in total. The van der Waals surface area contributed by atoms with Gasteiger partial charge in [0.1, 0.15) is 0 Å². The van der Waals surface area contributed by atoms with E-state index < -0.39 is 0 Å². The van der Waals surface area contributed by atoms with Gasteiger partial charge in [-0.3, -0.25) is 14.5 Å². The summed E-state index contributed by atoms with van der Waals surface area (Å²) >= 11 is 0.982. The Hall–Kier alpha value is -2.27. The molecule has 2 amide bonds. The minimum Gasteiger partial charge on any atom is -0.362 e. The summed E-state index contributed by atoms with van der Waals surface area (Å²) in [6.45, 7) is 2.30. The molecular formula is C16H14N2O2S. The molecule has 0 bridgehead atoms. The number of aryl methyl sites for hydroxylation is 1. The fourth-order valence-corrected chi connectivity index (χ4v) is 3.03. The first-order valence-corrected chi connectivity index (χ1v) is 7.39. The molecule has 0 unspecified atom stereocenters. The zero-order valence-corrected chi connectivity index (χ0v) is 12.3. The number of nitrogens with zero attached hydrogens (tertiary/aromatic N) is 1. The van der Waals surface area contributed by atoms with Gasteiger partial charge < -0.3 is 4.98 Å². The lowest BCUT2D eigenvalue weighted by atomic mass is 10.1. The van der Waals surface area contributed by atoms with Crippen LogP contribution in [0.25, 0.3) is 6.08 Å². The highest BCUT2D eigenvalue weighted by atomic mass is 32.2. The van der Waals surface area contributed by atoms with Gasteiger partial charge in [0, 0.05) is 11.9 Å². The minimum absolute atomic E-state index is 0.223. The van der Waals surface area contributed by atoms with Crippen LogP contribution in [0, 0.1) is 6.92 Å². The van der Waals surface area contributed by atoms with E-state index in [2.05, 4.69) is 4.98 Å². The van der Waals surface area contributed by atoms with Crippen LogP contribution in [0.5, 0.6) is 0 Å². The van der Waals surface area contributed by atoms with Gasteiger partial charge in [-0.15, -0.1) is 0 Å². The summed E-state index contributed by atoms with van der Waals surface area (Å²) in [7, 11) is 0. The van der Waals surface area contributed by atoms with Crippen molar-refractivity contribution < 1.29 is 9.59 Å². The minimum atomic E-state index is -0.235. The molecule has 1 fully saturated rings. The van der Waals surface area contributed by atoms with Crippen molar-refractivity contribution in [3.05, 3.63) is 64.3 Å². The Morgan fingerprint density at radius 1 is 1.24 bits per heavy atom. The number of hydrogen-bond acceptors (Lipinski definition) is 3. The number of imide groups is 1. The molecule has 0 aliphatic carbocycles. The largest absolute Gasteiger partial charge is 0.362 e. The number of rotatable bonds is 3. The van der Waals surface area contributed by atoms with Gasteiger partial charge in [-0.25, -0.2) is 0 Å². The molecule has 1 aliphatic heterocycles. The molecule has 0 radical (unpaired) electrons. The van der Waals surface area contributed by atoms with Crippen molar-refractivity contribution in [1.29, 1.82) is 0 Å². The number of aromatic amines is 1. The lowest BCUT2D eigenvalue weighted by Crippen LogP contribution is -2.27. The number of nitrogens with one attached hydrogen (secondary N) is 1. The van der Waals surface area contributed by atoms with Gasteiger partial charge in [-0.2, -0.15) is 0 Å². The molecule has 0 saturated carbocycles. The van der Waals surface area contributed by atoms with Crippen molar-refractivity contribution in [2.75, 3.05) is 0 Å². The van der Waals surface area contributed by atoms with Gasteiger partial charge >= 0.3 is 0 Å². The molecule has 1 aliphatic rings. The summed E-state index contributed by atoms with van der Waals surface area (Å²) in [4.78, 5) is 29.1. The van der Waals surface area contributed by atoms with E-state index in [-0.39, 0.29) is 11.1 Å². The molecule has 0 spiro atoms. The van der Waals surface area contributed by atoms with Crippen LogP contribution in [-0.2, 0) is 11.3 Å². The monoisotopic (exact) mass is 298 g/mol. The summed E-state index contributed by atoms with van der Waals surface area (Å²) in [5, 5.41) is -0.223. The number of carbonyl (C=O) groups is 2. The second-order valence-electron chi connectivity index (χ2n) is 4.88. The zero-order chi connectivity index (χ0) is 14.8. The van der Waals surface area contributed by atoms with Crippen LogP contribution in [0.2, 0.25) is 0 Å². The van der Waals surface area contributed by atoms with E-state index in [1.807, 2.05) is 43.3 Å². The molecule has 1 N–H and O–H groups in total. The summed E-state index contributed by atoms with van der Waals surface area (Å²) < 4.78 is 0. The highest BCUT2D eigenvalue weighted by Crippen LogP contribution is 2.33. The fourth-order valence-electron chi connectivity index (χ4n) is 2.20. The molecule has 5 heteroatoms. The van der Waals surface area contributed by atoms with Crippen molar-refractivity contribution in [2.45, 2.75) is 13.5 Å². The van der Waals surface area contributed by atoms with Gasteiger partial charge in [0.2, 0.25) is 0 Å². The van der Waals surface area contributed by atoms with Crippen molar-refractivity contribution in [1.82, 2.24) is 9.88 Å². The first kappa shape index (κ1) is 13.7. The van der Waals surface area contributed by atoms with E-state index in [0.29, 0.717) is 11.4 Å². The normalized spacial score (nSPS) is 17.0. The third-order valence-corrected chi connectivity index (χ3v) is 4.11. The lowest BCUT2D eigenvalue weighted by Gasteiger charge is -2.12. The van der Waals surface area contributed by atoms with Crippen LogP contribution in [0.4, 0.5) is 4.79 Å². The second kappa shape index (κ2) is 5.61. The van der Waals surface area contributed by atoms with E-state index in [1.165, 1.54) is 4.90 Å².